The van der Waals surface area contributed by atoms with Crippen molar-refractivity contribution in [3.8, 4) is 5.75 Å². The lowest BCUT2D eigenvalue weighted by atomic mass is 9.91. The maximum Gasteiger partial charge on any atom is 0.321 e. The molecule has 1 fully saturated rings. The van der Waals surface area contributed by atoms with Crippen molar-refractivity contribution >= 4 is 23.5 Å². The second-order valence-corrected chi connectivity index (χ2v) is 7.70. The number of methoxy groups -OCH3 is 1. The Morgan fingerprint density at radius 1 is 1.06 bits per heavy atom. The highest BCUT2D eigenvalue weighted by Gasteiger charge is 2.42. The van der Waals surface area contributed by atoms with E-state index in [1.54, 1.807) is 14.0 Å². The van der Waals surface area contributed by atoms with E-state index in [1.807, 2.05) is 48.5 Å². The van der Waals surface area contributed by atoms with Crippen LogP contribution in [0.3, 0.4) is 0 Å². The Balaban J connectivity index is 1.53. The zero-order valence-corrected chi connectivity index (χ0v) is 18.4. The molecule has 2 aromatic carbocycles. The monoisotopic (exact) mass is 436 g/mol. The summed E-state index contributed by atoms with van der Waals surface area (Å²) in [5.41, 5.74) is 1.91. The molecule has 2 aliphatic heterocycles. The number of hydrogen-bond acceptors (Lipinski definition) is 7. The molecule has 0 radical (unpaired) electrons. The first-order chi connectivity index (χ1) is 15.6. The Bertz CT molecular complexity index is 987. The fourth-order valence-electron chi connectivity index (χ4n) is 4.10. The number of carbonyl (C=O) groups excluding carboxylic acids is 2. The van der Waals surface area contributed by atoms with Crippen molar-refractivity contribution in [3.05, 3.63) is 60.2 Å². The van der Waals surface area contributed by atoms with Gasteiger partial charge in [-0.2, -0.15) is 0 Å². The lowest BCUT2D eigenvalue weighted by Gasteiger charge is -2.39. The van der Waals surface area contributed by atoms with Crippen LogP contribution >= 0.6 is 0 Å². The number of benzene rings is 2. The summed E-state index contributed by atoms with van der Waals surface area (Å²) < 4.78 is 10.5. The molecule has 0 aromatic heterocycles. The molecule has 0 unspecified atom stereocenters. The molecule has 8 heteroatoms. The minimum absolute atomic E-state index is 0.215. The number of esters is 1. The van der Waals surface area contributed by atoms with Crippen LogP contribution in [0, 0.1) is 5.92 Å². The number of piperazine rings is 1. The van der Waals surface area contributed by atoms with E-state index < -0.39 is 17.9 Å². The van der Waals surface area contributed by atoms with Crippen LogP contribution in [0.2, 0.25) is 0 Å². The summed E-state index contributed by atoms with van der Waals surface area (Å²) in [6, 6.07) is 16.8. The molecule has 2 heterocycles. The van der Waals surface area contributed by atoms with Crippen molar-refractivity contribution in [2.75, 3.05) is 44.8 Å². The molecule has 0 saturated carbocycles. The van der Waals surface area contributed by atoms with Gasteiger partial charge in [-0.15, -0.1) is 0 Å². The van der Waals surface area contributed by atoms with Gasteiger partial charge in [0.15, 0.2) is 5.92 Å². The van der Waals surface area contributed by atoms with Gasteiger partial charge in [-0.3, -0.25) is 14.9 Å². The highest BCUT2D eigenvalue weighted by atomic mass is 16.5. The van der Waals surface area contributed by atoms with Crippen molar-refractivity contribution in [3.63, 3.8) is 0 Å². The number of rotatable bonds is 5. The summed E-state index contributed by atoms with van der Waals surface area (Å²) in [7, 11) is 1.66. The number of anilines is 1. The first kappa shape index (κ1) is 21.7. The van der Waals surface area contributed by atoms with Gasteiger partial charge in [0.2, 0.25) is 11.9 Å². The molecule has 1 N–H and O–H groups in total. The normalized spacial score (nSPS) is 20.9. The molecule has 4 rings (SSSR count). The molecule has 2 aromatic rings. The van der Waals surface area contributed by atoms with Gasteiger partial charge in [-0.05, 0) is 24.6 Å². The van der Waals surface area contributed by atoms with E-state index in [9.17, 15) is 9.59 Å². The highest BCUT2D eigenvalue weighted by Crippen LogP contribution is 2.31. The van der Waals surface area contributed by atoms with Crippen LogP contribution in [0.15, 0.2) is 59.6 Å². The van der Waals surface area contributed by atoms with Gasteiger partial charge >= 0.3 is 5.97 Å². The molecule has 0 aliphatic carbocycles. The average molecular weight is 437 g/mol. The van der Waals surface area contributed by atoms with Gasteiger partial charge in [0, 0.05) is 37.9 Å². The van der Waals surface area contributed by atoms with Gasteiger partial charge in [0.25, 0.3) is 0 Å². The third-order valence-corrected chi connectivity index (χ3v) is 5.77. The van der Waals surface area contributed by atoms with Gasteiger partial charge in [0.05, 0.1) is 13.7 Å². The number of carbonyl (C=O) groups is 2. The number of guanidine groups is 1. The standard InChI is InChI=1S/C24H28N4O4/c1-3-32-23(30)20-21(17-8-5-4-6-9-17)25-24(26-22(20)29)28-14-12-27(13-15-28)18-10-7-11-19(16-18)31-2/h4-11,16,20-21H,3,12-15H2,1-2H3,(H,25,26,29)/t20-,21+/m0/s1. The number of aliphatic imine (C=N–C) groups is 1. The molecule has 168 valence electrons. The van der Waals surface area contributed by atoms with Crippen molar-refractivity contribution in [1.82, 2.24) is 10.2 Å². The Labute approximate surface area is 187 Å². The van der Waals surface area contributed by atoms with Crippen LogP contribution in [-0.4, -0.2) is 62.6 Å². The van der Waals surface area contributed by atoms with Crippen molar-refractivity contribution in [1.29, 1.82) is 0 Å². The summed E-state index contributed by atoms with van der Waals surface area (Å²) in [5, 5.41) is 2.85. The molecular formula is C24H28N4O4. The summed E-state index contributed by atoms with van der Waals surface area (Å²) in [5.74, 6) is -0.597. The lowest BCUT2D eigenvalue weighted by molar-refractivity contribution is -0.153. The summed E-state index contributed by atoms with van der Waals surface area (Å²) in [6.45, 7) is 4.89. The van der Waals surface area contributed by atoms with Gasteiger partial charge in [-0.25, -0.2) is 4.99 Å². The van der Waals surface area contributed by atoms with Crippen LogP contribution in [0.4, 0.5) is 5.69 Å². The quantitative estimate of drug-likeness (QED) is 0.572. The van der Waals surface area contributed by atoms with Gasteiger partial charge in [-0.1, -0.05) is 36.4 Å². The fraction of sp³-hybridized carbons (Fsp3) is 0.375. The second-order valence-electron chi connectivity index (χ2n) is 7.70. The summed E-state index contributed by atoms with van der Waals surface area (Å²) in [6.07, 6.45) is 0. The average Bonchev–Trinajstić information content (AvgIpc) is 2.84. The Morgan fingerprint density at radius 2 is 1.78 bits per heavy atom. The molecule has 2 atom stereocenters. The summed E-state index contributed by atoms with van der Waals surface area (Å²) in [4.78, 5) is 34.7. The molecule has 8 nitrogen and oxygen atoms in total. The van der Waals surface area contributed by atoms with Crippen LogP contribution < -0.4 is 15.0 Å². The van der Waals surface area contributed by atoms with Crippen molar-refractivity contribution in [2.45, 2.75) is 13.0 Å². The molecular weight excluding hydrogens is 408 g/mol. The second kappa shape index (κ2) is 9.72. The van der Waals surface area contributed by atoms with E-state index in [0.29, 0.717) is 19.0 Å². The number of amides is 1. The minimum Gasteiger partial charge on any atom is -0.497 e. The molecule has 1 amide bonds. The zero-order chi connectivity index (χ0) is 22.5. The van der Waals surface area contributed by atoms with Crippen molar-refractivity contribution in [2.24, 2.45) is 10.9 Å². The first-order valence-electron chi connectivity index (χ1n) is 10.8. The van der Waals surface area contributed by atoms with Crippen LogP contribution in [0.5, 0.6) is 5.75 Å². The number of hydrogen-bond donors (Lipinski definition) is 1. The number of nitrogens with zero attached hydrogens (tertiary/aromatic N) is 3. The third kappa shape index (κ3) is 4.54. The molecule has 1 saturated heterocycles. The predicted octanol–water partition coefficient (Wildman–Crippen LogP) is 2.22. The summed E-state index contributed by atoms with van der Waals surface area (Å²) >= 11 is 0. The van der Waals surface area contributed by atoms with E-state index in [-0.39, 0.29) is 12.5 Å². The number of nitrogens with one attached hydrogen (secondary N) is 1. The Morgan fingerprint density at radius 3 is 2.47 bits per heavy atom. The van der Waals surface area contributed by atoms with Crippen LogP contribution in [0.25, 0.3) is 0 Å². The highest BCUT2D eigenvalue weighted by molar-refractivity contribution is 6.08. The predicted molar refractivity (Wildman–Crippen MR) is 122 cm³/mol. The molecule has 0 spiro atoms. The van der Waals surface area contributed by atoms with Crippen molar-refractivity contribution < 1.29 is 19.1 Å². The van der Waals surface area contributed by atoms with Crippen LogP contribution in [-0.2, 0) is 14.3 Å². The van der Waals surface area contributed by atoms with E-state index in [2.05, 4.69) is 21.2 Å². The molecule has 0 bridgehead atoms. The van der Waals surface area contributed by atoms with E-state index in [0.717, 1.165) is 30.1 Å². The van der Waals surface area contributed by atoms with E-state index in [1.165, 1.54) is 0 Å². The molecule has 32 heavy (non-hydrogen) atoms. The maximum atomic E-state index is 13.0. The van der Waals surface area contributed by atoms with Gasteiger partial charge < -0.3 is 19.3 Å². The SMILES string of the molecule is CCOC(=O)[C@@H]1C(=O)NC(N2CCN(c3cccc(OC)c3)CC2)=N[C@@H]1c1ccccc1. The number of ether oxygens (including phenoxy) is 2. The minimum atomic E-state index is -1.00. The molecule has 2 aliphatic rings. The van der Waals surface area contributed by atoms with E-state index >= 15 is 0 Å². The lowest BCUT2D eigenvalue weighted by Crippen LogP contribution is -2.57. The fourth-order valence-corrected chi connectivity index (χ4v) is 4.10. The smallest absolute Gasteiger partial charge is 0.321 e. The largest absolute Gasteiger partial charge is 0.497 e. The Kier molecular flexibility index (Phi) is 6.58. The third-order valence-electron chi connectivity index (χ3n) is 5.77. The topological polar surface area (TPSA) is 83.5 Å². The zero-order valence-electron chi connectivity index (χ0n) is 18.4. The van der Waals surface area contributed by atoms with E-state index in [4.69, 9.17) is 14.5 Å². The van der Waals surface area contributed by atoms with Gasteiger partial charge in [0.1, 0.15) is 11.8 Å². The first-order valence-corrected chi connectivity index (χ1v) is 10.8. The van der Waals surface area contributed by atoms with Crippen LogP contribution in [0.1, 0.15) is 18.5 Å². The Hall–Kier alpha value is -3.55. The maximum absolute atomic E-state index is 13.0.